The van der Waals surface area contributed by atoms with Crippen LogP contribution in [-0.4, -0.2) is 37.0 Å². The summed E-state index contributed by atoms with van der Waals surface area (Å²) in [5, 5.41) is 2.94. The third-order valence-electron chi connectivity index (χ3n) is 3.54. The average molecular weight is 250 g/mol. The second kappa shape index (κ2) is 5.48. The molecule has 1 aromatic carbocycles. The van der Waals surface area contributed by atoms with Crippen LogP contribution in [0.4, 0.5) is 4.39 Å². The van der Waals surface area contributed by atoms with Gasteiger partial charge < -0.3 is 10.2 Å². The van der Waals surface area contributed by atoms with Crippen LogP contribution in [0.3, 0.4) is 0 Å². The van der Waals surface area contributed by atoms with Crippen molar-refractivity contribution >= 4 is 5.91 Å². The molecule has 1 aliphatic rings. The minimum Gasteiger partial charge on any atom is -0.349 e. The zero-order valence-corrected chi connectivity index (χ0v) is 10.8. The molecule has 0 aliphatic carbocycles. The number of hydrogen-bond acceptors (Lipinski definition) is 2. The second-order valence-corrected chi connectivity index (χ2v) is 5.09. The normalized spacial score (nSPS) is 24.8. The first-order valence-corrected chi connectivity index (χ1v) is 6.32. The molecule has 0 spiro atoms. The number of carbonyl (C=O) groups excluding carboxylic acids is 1. The fourth-order valence-corrected chi connectivity index (χ4v) is 2.46. The Labute approximate surface area is 107 Å². The van der Waals surface area contributed by atoms with Crippen LogP contribution in [0.25, 0.3) is 0 Å². The lowest BCUT2D eigenvalue weighted by molar-refractivity contribution is 0.0880. The van der Waals surface area contributed by atoms with Crippen molar-refractivity contribution in [3.63, 3.8) is 0 Å². The van der Waals surface area contributed by atoms with Gasteiger partial charge in [0.15, 0.2) is 0 Å². The summed E-state index contributed by atoms with van der Waals surface area (Å²) < 4.78 is 13.5. The Morgan fingerprint density at radius 3 is 2.83 bits per heavy atom. The highest BCUT2D eigenvalue weighted by atomic mass is 19.1. The highest BCUT2D eigenvalue weighted by Crippen LogP contribution is 2.16. The van der Waals surface area contributed by atoms with Gasteiger partial charge in [-0.3, -0.25) is 4.79 Å². The summed E-state index contributed by atoms with van der Waals surface area (Å²) in [4.78, 5) is 14.2. The highest BCUT2D eigenvalue weighted by Gasteiger charge is 2.26. The first kappa shape index (κ1) is 13.0. The van der Waals surface area contributed by atoms with Gasteiger partial charge in [-0.1, -0.05) is 19.1 Å². The van der Waals surface area contributed by atoms with E-state index in [0.717, 1.165) is 19.5 Å². The molecular weight excluding hydrogens is 231 g/mol. The number of halogens is 1. The molecule has 0 aromatic heterocycles. The number of benzene rings is 1. The first-order chi connectivity index (χ1) is 8.58. The summed E-state index contributed by atoms with van der Waals surface area (Å²) in [7, 11) is 2.07. The number of carbonyl (C=O) groups is 1. The predicted octanol–water partition coefficient (Wildman–Crippen LogP) is 1.90. The number of nitrogens with zero attached hydrogens (tertiary/aromatic N) is 1. The van der Waals surface area contributed by atoms with Crippen molar-refractivity contribution in [3.8, 4) is 0 Å². The molecule has 2 atom stereocenters. The standard InChI is InChI=1S/C14H19FN2O/c1-10-9-17(2)8-7-13(10)16-14(18)11-5-3-4-6-12(11)15/h3-6,10,13H,7-9H2,1-2H3,(H,16,18). The molecule has 0 bridgehead atoms. The van der Waals surface area contributed by atoms with Crippen LogP contribution in [0.15, 0.2) is 24.3 Å². The van der Waals surface area contributed by atoms with E-state index in [0.29, 0.717) is 5.92 Å². The Kier molecular flexibility index (Phi) is 3.97. The van der Waals surface area contributed by atoms with Crippen LogP contribution in [0.2, 0.25) is 0 Å². The van der Waals surface area contributed by atoms with Gasteiger partial charge in [-0.15, -0.1) is 0 Å². The zero-order valence-electron chi connectivity index (χ0n) is 10.8. The van der Waals surface area contributed by atoms with Crippen molar-refractivity contribution in [2.45, 2.75) is 19.4 Å². The molecule has 3 nitrogen and oxygen atoms in total. The van der Waals surface area contributed by atoms with Crippen molar-refractivity contribution in [2.24, 2.45) is 5.92 Å². The molecule has 2 unspecified atom stereocenters. The molecule has 0 saturated carbocycles. The van der Waals surface area contributed by atoms with Gasteiger partial charge in [0.1, 0.15) is 5.82 Å². The lowest BCUT2D eigenvalue weighted by atomic mass is 9.94. The van der Waals surface area contributed by atoms with E-state index in [-0.39, 0.29) is 17.5 Å². The maximum atomic E-state index is 13.5. The molecule has 4 heteroatoms. The number of hydrogen-bond donors (Lipinski definition) is 1. The van der Waals surface area contributed by atoms with Gasteiger partial charge >= 0.3 is 0 Å². The molecule has 1 N–H and O–H groups in total. The van der Waals surface area contributed by atoms with Crippen LogP contribution >= 0.6 is 0 Å². The quantitative estimate of drug-likeness (QED) is 0.869. The van der Waals surface area contributed by atoms with Gasteiger partial charge in [-0.25, -0.2) is 4.39 Å². The monoisotopic (exact) mass is 250 g/mol. The van der Waals surface area contributed by atoms with Crippen molar-refractivity contribution in [2.75, 3.05) is 20.1 Å². The van der Waals surface area contributed by atoms with Crippen LogP contribution in [-0.2, 0) is 0 Å². The van der Waals surface area contributed by atoms with Crippen molar-refractivity contribution in [3.05, 3.63) is 35.6 Å². The number of amides is 1. The van der Waals surface area contributed by atoms with Gasteiger partial charge in [0.25, 0.3) is 5.91 Å². The first-order valence-electron chi connectivity index (χ1n) is 6.32. The smallest absolute Gasteiger partial charge is 0.254 e. The Bertz CT molecular complexity index is 436. The molecule has 1 fully saturated rings. The SMILES string of the molecule is CC1CN(C)CCC1NC(=O)c1ccccc1F. The van der Waals surface area contributed by atoms with E-state index in [1.165, 1.54) is 12.1 Å². The van der Waals surface area contributed by atoms with E-state index in [2.05, 4.69) is 24.2 Å². The molecule has 1 saturated heterocycles. The van der Waals surface area contributed by atoms with Crippen molar-refractivity contribution < 1.29 is 9.18 Å². The largest absolute Gasteiger partial charge is 0.349 e. The summed E-state index contributed by atoms with van der Waals surface area (Å²) >= 11 is 0. The second-order valence-electron chi connectivity index (χ2n) is 5.09. The lowest BCUT2D eigenvalue weighted by Crippen LogP contribution is -2.49. The highest BCUT2D eigenvalue weighted by molar-refractivity contribution is 5.94. The summed E-state index contributed by atoms with van der Waals surface area (Å²) in [6.45, 7) is 4.04. The summed E-state index contributed by atoms with van der Waals surface area (Å²) in [6.07, 6.45) is 0.915. The fourth-order valence-electron chi connectivity index (χ4n) is 2.46. The minimum atomic E-state index is -0.462. The molecular formula is C14H19FN2O. The summed E-state index contributed by atoms with van der Waals surface area (Å²) in [5.74, 6) is -0.385. The Hall–Kier alpha value is -1.42. The van der Waals surface area contributed by atoms with Gasteiger partial charge in [0, 0.05) is 12.6 Å². The predicted molar refractivity (Wildman–Crippen MR) is 68.9 cm³/mol. The Balaban J connectivity index is 2.02. The molecule has 0 radical (unpaired) electrons. The van der Waals surface area contributed by atoms with Crippen molar-refractivity contribution in [1.29, 1.82) is 0 Å². The van der Waals surface area contributed by atoms with Gasteiger partial charge in [0.05, 0.1) is 5.56 Å². The Morgan fingerprint density at radius 2 is 2.17 bits per heavy atom. The van der Waals surface area contributed by atoms with Crippen molar-refractivity contribution in [1.82, 2.24) is 10.2 Å². The maximum absolute atomic E-state index is 13.5. The van der Waals surface area contributed by atoms with Gasteiger partial charge in [-0.2, -0.15) is 0 Å². The topological polar surface area (TPSA) is 32.3 Å². The van der Waals surface area contributed by atoms with E-state index in [1.54, 1.807) is 12.1 Å². The molecule has 18 heavy (non-hydrogen) atoms. The number of piperidine rings is 1. The van der Waals surface area contributed by atoms with Gasteiger partial charge in [-0.05, 0) is 38.1 Å². The summed E-state index contributed by atoms with van der Waals surface area (Å²) in [6, 6.07) is 6.23. The molecule has 98 valence electrons. The maximum Gasteiger partial charge on any atom is 0.254 e. The van der Waals surface area contributed by atoms with E-state index >= 15 is 0 Å². The third-order valence-corrected chi connectivity index (χ3v) is 3.54. The fraction of sp³-hybridized carbons (Fsp3) is 0.500. The number of nitrogens with one attached hydrogen (secondary N) is 1. The lowest BCUT2D eigenvalue weighted by Gasteiger charge is -2.35. The zero-order chi connectivity index (χ0) is 13.1. The van der Waals surface area contributed by atoms with E-state index < -0.39 is 5.82 Å². The third kappa shape index (κ3) is 2.88. The van der Waals surface area contributed by atoms with Gasteiger partial charge in [0.2, 0.25) is 0 Å². The van der Waals surface area contributed by atoms with Crippen LogP contribution in [0, 0.1) is 11.7 Å². The van der Waals surface area contributed by atoms with Crippen LogP contribution in [0.1, 0.15) is 23.7 Å². The average Bonchev–Trinajstić information content (AvgIpc) is 2.33. The van der Waals surface area contributed by atoms with E-state index in [9.17, 15) is 9.18 Å². The number of likely N-dealkylation sites (tertiary alicyclic amines) is 1. The molecule has 1 amide bonds. The minimum absolute atomic E-state index is 0.128. The van der Waals surface area contributed by atoms with E-state index in [1.807, 2.05) is 0 Å². The molecule has 1 aliphatic heterocycles. The summed E-state index contributed by atoms with van der Waals surface area (Å²) in [5.41, 5.74) is 0.128. The van der Waals surface area contributed by atoms with Crippen LogP contribution < -0.4 is 5.32 Å². The van der Waals surface area contributed by atoms with E-state index in [4.69, 9.17) is 0 Å². The molecule has 2 rings (SSSR count). The molecule has 1 heterocycles. The van der Waals surface area contributed by atoms with Crippen LogP contribution in [0.5, 0.6) is 0 Å². The molecule has 1 aromatic rings. The Morgan fingerprint density at radius 1 is 1.44 bits per heavy atom. The number of rotatable bonds is 2.